The zero-order chi connectivity index (χ0) is 19.9. The molecule has 148 valence electrons. The number of fused-ring (bicyclic) bond motifs is 1. The largest absolute Gasteiger partial charge is 0.496 e. The SMILES string of the molecule is COc1cc(C)c(S(=O)(=O)N2CCCC(c3nc4ccccc4[nH]3)C2)cc1C. The Kier molecular flexibility index (Phi) is 4.89. The predicted molar refractivity (Wildman–Crippen MR) is 109 cm³/mol. The Hall–Kier alpha value is -2.38. The fourth-order valence-electron chi connectivity index (χ4n) is 3.95. The van der Waals surface area contributed by atoms with E-state index in [1.54, 1.807) is 23.5 Å². The summed E-state index contributed by atoms with van der Waals surface area (Å²) in [5.74, 6) is 1.63. The number of ether oxygens (including phenoxy) is 1. The van der Waals surface area contributed by atoms with E-state index in [2.05, 4.69) is 9.97 Å². The topological polar surface area (TPSA) is 75.3 Å². The lowest BCUT2D eigenvalue weighted by atomic mass is 9.99. The zero-order valence-corrected chi connectivity index (χ0v) is 17.2. The van der Waals surface area contributed by atoms with Crippen LogP contribution in [0.3, 0.4) is 0 Å². The van der Waals surface area contributed by atoms with Crippen molar-refractivity contribution in [3.8, 4) is 5.75 Å². The highest BCUT2D eigenvalue weighted by Gasteiger charge is 2.33. The quantitative estimate of drug-likeness (QED) is 0.725. The third-order valence-corrected chi connectivity index (χ3v) is 7.50. The van der Waals surface area contributed by atoms with Crippen LogP contribution in [0.1, 0.15) is 35.7 Å². The van der Waals surface area contributed by atoms with E-state index in [1.165, 1.54) is 0 Å². The average Bonchev–Trinajstić information content (AvgIpc) is 3.13. The second kappa shape index (κ2) is 7.22. The van der Waals surface area contributed by atoms with E-state index in [-0.39, 0.29) is 5.92 Å². The summed E-state index contributed by atoms with van der Waals surface area (Å²) in [4.78, 5) is 8.41. The summed E-state index contributed by atoms with van der Waals surface area (Å²) in [5, 5.41) is 0. The number of hydrogen-bond donors (Lipinski definition) is 1. The van der Waals surface area contributed by atoms with Crippen molar-refractivity contribution in [3.05, 3.63) is 53.3 Å². The number of nitrogens with one attached hydrogen (secondary N) is 1. The van der Waals surface area contributed by atoms with Gasteiger partial charge < -0.3 is 9.72 Å². The van der Waals surface area contributed by atoms with Gasteiger partial charge in [-0.3, -0.25) is 0 Å². The summed E-state index contributed by atoms with van der Waals surface area (Å²) in [7, 11) is -1.98. The van der Waals surface area contributed by atoms with Crippen LogP contribution in [0, 0.1) is 13.8 Å². The van der Waals surface area contributed by atoms with Crippen LogP contribution in [0.15, 0.2) is 41.3 Å². The maximum atomic E-state index is 13.4. The number of para-hydroxylation sites is 2. The molecule has 0 saturated carbocycles. The van der Waals surface area contributed by atoms with Gasteiger partial charge in [-0.05, 0) is 62.1 Å². The fraction of sp³-hybridized carbons (Fsp3) is 0.381. The van der Waals surface area contributed by atoms with Crippen LogP contribution in [0.4, 0.5) is 0 Å². The normalized spacial score (nSPS) is 18.5. The molecule has 0 amide bonds. The second-order valence-electron chi connectivity index (χ2n) is 7.43. The predicted octanol–water partition coefficient (Wildman–Crippen LogP) is 3.76. The molecule has 2 heterocycles. The van der Waals surface area contributed by atoms with Crippen molar-refractivity contribution < 1.29 is 13.2 Å². The summed E-state index contributed by atoms with van der Waals surface area (Å²) in [6.45, 7) is 4.65. The smallest absolute Gasteiger partial charge is 0.243 e. The number of methoxy groups -OCH3 is 1. The number of rotatable bonds is 4. The molecule has 1 aromatic heterocycles. The van der Waals surface area contributed by atoms with Crippen LogP contribution >= 0.6 is 0 Å². The van der Waals surface area contributed by atoms with Crippen molar-refractivity contribution in [2.45, 2.75) is 37.5 Å². The third-order valence-electron chi connectivity index (χ3n) is 5.49. The minimum Gasteiger partial charge on any atom is -0.496 e. The van der Waals surface area contributed by atoms with Crippen LogP contribution in [-0.2, 0) is 10.0 Å². The van der Waals surface area contributed by atoms with Gasteiger partial charge in [0.1, 0.15) is 11.6 Å². The lowest BCUT2D eigenvalue weighted by Gasteiger charge is -2.31. The summed E-state index contributed by atoms with van der Waals surface area (Å²) >= 11 is 0. The minimum atomic E-state index is -3.58. The fourth-order valence-corrected chi connectivity index (χ4v) is 5.77. The van der Waals surface area contributed by atoms with Crippen molar-refractivity contribution in [2.75, 3.05) is 20.2 Å². The molecule has 0 aliphatic carbocycles. The van der Waals surface area contributed by atoms with E-state index in [0.29, 0.717) is 29.3 Å². The number of benzene rings is 2. The molecule has 28 heavy (non-hydrogen) atoms. The van der Waals surface area contributed by atoms with Gasteiger partial charge in [-0.15, -0.1) is 0 Å². The Bertz CT molecular complexity index is 1090. The monoisotopic (exact) mass is 399 g/mol. The molecule has 6 nitrogen and oxygen atoms in total. The van der Waals surface area contributed by atoms with Gasteiger partial charge in [-0.25, -0.2) is 13.4 Å². The third kappa shape index (κ3) is 3.29. The van der Waals surface area contributed by atoms with Gasteiger partial charge in [0.25, 0.3) is 0 Å². The highest BCUT2D eigenvalue weighted by atomic mass is 32.2. The molecule has 0 bridgehead atoms. The summed E-state index contributed by atoms with van der Waals surface area (Å²) in [6.07, 6.45) is 1.74. The molecule has 4 rings (SSSR count). The number of H-pyrrole nitrogens is 1. The average molecular weight is 400 g/mol. The lowest BCUT2D eigenvalue weighted by Crippen LogP contribution is -2.39. The Morgan fingerprint density at radius 1 is 1.18 bits per heavy atom. The van der Waals surface area contributed by atoms with Crippen molar-refractivity contribution in [2.24, 2.45) is 0 Å². The highest BCUT2D eigenvalue weighted by Crippen LogP contribution is 2.33. The zero-order valence-electron chi connectivity index (χ0n) is 16.4. The first kappa shape index (κ1) is 19.0. The molecular formula is C21H25N3O3S. The number of nitrogens with zero attached hydrogens (tertiary/aromatic N) is 2. The highest BCUT2D eigenvalue weighted by molar-refractivity contribution is 7.89. The van der Waals surface area contributed by atoms with Crippen molar-refractivity contribution in [3.63, 3.8) is 0 Å². The van der Waals surface area contributed by atoms with Gasteiger partial charge in [-0.2, -0.15) is 4.31 Å². The number of aromatic nitrogens is 2. The molecule has 1 unspecified atom stereocenters. The van der Waals surface area contributed by atoms with E-state index in [9.17, 15) is 8.42 Å². The van der Waals surface area contributed by atoms with E-state index < -0.39 is 10.0 Å². The summed E-state index contributed by atoms with van der Waals surface area (Å²) in [5.41, 5.74) is 3.42. The molecular weight excluding hydrogens is 374 g/mol. The van der Waals surface area contributed by atoms with Crippen LogP contribution in [0.25, 0.3) is 11.0 Å². The molecule has 1 N–H and O–H groups in total. The van der Waals surface area contributed by atoms with Gasteiger partial charge in [-0.1, -0.05) is 12.1 Å². The first-order chi connectivity index (χ1) is 13.4. The lowest BCUT2D eigenvalue weighted by molar-refractivity contribution is 0.310. The Morgan fingerprint density at radius 3 is 2.71 bits per heavy atom. The summed E-state index contributed by atoms with van der Waals surface area (Å²) in [6, 6.07) is 11.4. The van der Waals surface area contributed by atoms with Crippen LogP contribution in [0.2, 0.25) is 0 Å². The molecule has 0 spiro atoms. The number of aryl methyl sites for hydroxylation is 2. The molecule has 1 aliphatic rings. The Morgan fingerprint density at radius 2 is 1.96 bits per heavy atom. The van der Waals surface area contributed by atoms with Crippen LogP contribution in [0.5, 0.6) is 5.75 Å². The van der Waals surface area contributed by atoms with Gasteiger partial charge in [0.15, 0.2) is 0 Å². The van der Waals surface area contributed by atoms with Crippen LogP contribution in [-0.4, -0.2) is 42.9 Å². The number of aromatic amines is 1. The maximum absolute atomic E-state index is 13.4. The Balaban J connectivity index is 1.64. The van der Waals surface area contributed by atoms with Crippen molar-refractivity contribution in [1.29, 1.82) is 0 Å². The number of sulfonamides is 1. The van der Waals surface area contributed by atoms with Gasteiger partial charge in [0.2, 0.25) is 10.0 Å². The van der Waals surface area contributed by atoms with E-state index >= 15 is 0 Å². The van der Waals surface area contributed by atoms with E-state index in [0.717, 1.165) is 35.3 Å². The second-order valence-corrected chi connectivity index (χ2v) is 9.34. The molecule has 1 aliphatic heterocycles. The summed E-state index contributed by atoms with van der Waals surface area (Å²) < 4.78 is 33.6. The van der Waals surface area contributed by atoms with Gasteiger partial charge >= 0.3 is 0 Å². The molecule has 3 aromatic rings. The number of imidazole rings is 1. The Labute approximate surface area is 165 Å². The molecule has 1 atom stereocenters. The standard InChI is InChI=1S/C21H25N3O3S/c1-14-12-20(15(2)11-19(14)27-3)28(25,26)24-10-6-7-16(13-24)21-22-17-8-4-5-9-18(17)23-21/h4-5,8-9,11-12,16H,6-7,10,13H2,1-3H3,(H,22,23). The molecule has 7 heteroatoms. The first-order valence-corrected chi connectivity index (χ1v) is 10.9. The molecule has 2 aromatic carbocycles. The van der Waals surface area contributed by atoms with Crippen molar-refractivity contribution in [1.82, 2.24) is 14.3 Å². The van der Waals surface area contributed by atoms with Crippen molar-refractivity contribution >= 4 is 21.1 Å². The minimum absolute atomic E-state index is 0.0653. The van der Waals surface area contributed by atoms with Gasteiger partial charge in [0, 0.05) is 19.0 Å². The van der Waals surface area contributed by atoms with Crippen LogP contribution < -0.4 is 4.74 Å². The van der Waals surface area contributed by atoms with Gasteiger partial charge in [0.05, 0.1) is 23.0 Å². The molecule has 1 saturated heterocycles. The van der Waals surface area contributed by atoms with E-state index in [4.69, 9.17) is 4.74 Å². The number of piperidine rings is 1. The molecule has 0 radical (unpaired) electrons. The number of hydrogen-bond acceptors (Lipinski definition) is 4. The first-order valence-electron chi connectivity index (χ1n) is 9.50. The van der Waals surface area contributed by atoms with E-state index in [1.807, 2.05) is 38.1 Å². The maximum Gasteiger partial charge on any atom is 0.243 e. The molecule has 1 fully saturated rings.